The second-order valence-corrected chi connectivity index (χ2v) is 4.69. The van der Waals surface area contributed by atoms with E-state index in [-0.39, 0.29) is 10.9 Å². The fourth-order valence-electron chi connectivity index (χ4n) is 1.35. The van der Waals surface area contributed by atoms with E-state index in [0.717, 1.165) is 0 Å². The summed E-state index contributed by atoms with van der Waals surface area (Å²) in [6.07, 6.45) is 1.61. The second kappa shape index (κ2) is 4.38. The predicted molar refractivity (Wildman–Crippen MR) is 67.5 cm³/mol. The summed E-state index contributed by atoms with van der Waals surface area (Å²) in [5.74, 6) is -0.0633. The van der Waals surface area contributed by atoms with Crippen LogP contribution in [0.5, 0.6) is 5.75 Å². The van der Waals surface area contributed by atoms with Gasteiger partial charge in [-0.1, -0.05) is 46.4 Å². The number of hydrogen-bond donors (Lipinski definition) is 1. The van der Waals surface area contributed by atoms with Crippen molar-refractivity contribution in [3.63, 3.8) is 0 Å². The van der Waals surface area contributed by atoms with Crippen molar-refractivity contribution in [3.05, 3.63) is 44.6 Å². The Bertz CT molecular complexity index is 527. The average Bonchev–Trinajstić information content (AvgIpc) is 2.48. The Morgan fingerprint density at radius 2 is 1.69 bits per heavy atom. The average molecular weight is 297 g/mol. The third kappa shape index (κ3) is 1.98. The summed E-state index contributed by atoms with van der Waals surface area (Å²) in [5, 5.41) is 11.1. The number of aromatic nitrogens is 1. The van der Waals surface area contributed by atoms with Crippen LogP contribution in [0.25, 0.3) is 5.69 Å². The van der Waals surface area contributed by atoms with Crippen molar-refractivity contribution in [3.8, 4) is 11.4 Å². The van der Waals surface area contributed by atoms with Crippen molar-refractivity contribution in [1.82, 2.24) is 4.57 Å². The van der Waals surface area contributed by atoms with Crippen molar-refractivity contribution in [2.75, 3.05) is 0 Å². The standard InChI is InChI=1S/C10H5Cl4NO/c11-5-3-7(13)9(8(16)4-5)15-2-1-6(12)10(15)14/h1-4,16H. The van der Waals surface area contributed by atoms with Gasteiger partial charge in [-0.15, -0.1) is 0 Å². The van der Waals surface area contributed by atoms with Gasteiger partial charge in [0.2, 0.25) is 0 Å². The first kappa shape index (κ1) is 11.9. The SMILES string of the molecule is Oc1cc(Cl)cc(Cl)c1-n1ccc(Cl)c1Cl. The van der Waals surface area contributed by atoms with E-state index in [0.29, 0.717) is 20.8 Å². The lowest BCUT2D eigenvalue weighted by Crippen LogP contribution is -1.94. The molecular formula is C10H5Cl4NO. The maximum atomic E-state index is 9.77. The molecule has 0 bridgehead atoms. The molecule has 0 amide bonds. The Morgan fingerprint density at radius 1 is 1.00 bits per heavy atom. The van der Waals surface area contributed by atoms with Gasteiger partial charge in [-0.3, -0.25) is 0 Å². The van der Waals surface area contributed by atoms with Gasteiger partial charge in [-0.25, -0.2) is 0 Å². The minimum atomic E-state index is -0.0633. The van der Waals surface area contributed by atoms with Crippen LogP contribution in [0.3, 0.4) is 0 Å². The molecule has 1 aromatic carbocycles. The summed E-state index contributed by atoms with van der Waals surface area (Å²) in [4.78, 5) is 0. The predicted octanol–water partition coefficient (Wildman–Crippen LogP) is 4.80. The molecule has 0 spiro atoms. The van der Waals surface area contributed by atoms with Gasteiger partial charge >= 0.3 is 0 Å². The number of benzene rings is 1. The smallest absolute Gasteiger partial charge is 0.142 e. The molecule has 84 valence electrons. The number of phenolic OH excluding ortho intramolecular Hbond substituents is 1. The Balaban J connectivity index is 2.69. The highest BCUT2D eigenvalue weighted by atomic mass is 35.5. The van der Waals surface area contributed by atoms with E-state index in [4.69, 9.17) is 46.4 Å². The molecule has 1 aromatic heterocycles. The molecule has 1 N–H and O–H groups in total. The molecule has 0 aliphatic heterocycles. The van der Waals surface area contributed by atoms with E-state index in [1.807, 2.05) is 0 Å². The van der Waals surface area contributed by atoms with Gasteiger partial charge in [0.05, 0.1) is 10.0 Å². The molecular weight excluding hydrogens is 292 g/mol. The monoisotopic (exact) mass is 295 g/mol. The Labute approximate surface area is 112 Å². The van der Waals surface area contributed by atoms with E-state index in [1.165, 1.54) is 16.7 Å². The fraction of sp³-hybridized carbons (Fsp3) is 0. The molecule has 6 heteroatoms. The van der Waals surface area contributed by atoms with Gasteiger partial charge in [0.25, 0.3) is 0 Å². The molecule has 16 heavy (non-hydrogen) atoms. The van der Waals surface area contributed by atoms with Gasteiger partial charge < -0.3 is 9.67 Å². The molecule has 0 fully saturated rings. The normalized spacial score (nSPS) is 10.8. The van der Waals surface area contributed by atoms with Crippen LogP contribution in [-0.2, 0) is 0 Å². The van der Waals surface area contributed by atoms with Gasteiger partial charge in [0, 0.05) is 17.3 Å². The number of aromatic hydroxyl groups is 1. The van der Waals surface area contributed by atoms with Gasteiger partial charge in [0.15, 0.2) is 0 Å². The fourth-order valence-corrected chi connectivity index (χ4v) is 2.28. The highest BCUT2D eigenvalue weighted by Crippen LogP contribution is 2.37. The van der Waals surface area contributed by atoms with Gasteiger partial charge in [-0.2, -0.15) is 0 Å². The van der Waals surface area contributed by atoms with Gasteiger partial charge in [-0.05, 0) is 12.1 Å². The van der Waals surface area contributed by atoms with Crippen LogP contribution < -0.4 is 0 Å². The van der Waals surface area contributed by atoms with E-state index in [9.17, 15) is 5.11 Å². The summed E-state index contributed by atoms with van der Waals surface area (Å²) in [6, 6.07) is 4.50. The van der Waals surface area contributed by atoms with E-state index >= 15 is 0 Å². The number of rotatable bonds is 1. The van der Waals surface area contributed by atoms with E-state index in [1.54, 1.807) is 12.3 Å². The highest BCUT2D eigenvalue weighted by Gasteiger charge is 2.14. The first-order valence-corrected chi connectivity index (χ1v) is 5.72. The van der Waals surface area contributed by atoms with E-state index in [2.05, 4.69) is 0 Å². The zero-order chi connectivity index (χ0) is 11.9. The quantitative estimate of drug-likeness (QED) is 0.803. The largest absolute Gasteiger partial charge is 0.506 e. The first-order chi connectivity index (χ1) is 7.50. The Kier molecular flexibility index (Phi) is 3.27. The van der Waals surface area contributed by atoms with Crippen LogP contribution in [-0.4, -0.2) is 9.67 Å². The molecule has 2 nitrogen and oxygen atoms in total. The lowest BCUT2D eigenvalue weighted by molar-refractivity contribution is 0.472. The number of phenols is 1. The lowest BCUT2D eigenvalue weighted by atomic mass is 10.3. The zero-order valence-corrected chi connectivity index (χ0v) is 10.7. The third-order valence-corrected chi connectivity index (χ3v) is 3.32. The molecule has 0 radical (unpaired) electrons. The van der Waals surface area contributed by atoms with Crippen LogP contribution in [0.15, 0.2) is 24.4 Å². The summed E-state index contributed by atoms with van der Waals surface area (Å²) in [7, 11) is 0. The first-order valence-electron chi connectivity index (χ1n) is 4.21. The molecule has 0 atom stereocenters. The van der Waals surface area contributed by atoms with Crippen molar-refractivity contribution in [2.24, 2.45) is 0 Å². The summed E-state index contributed by atoms with van der Waals surface area (Å²) in [5.41, 5.74) is 0.350. The molecule has 0 aliphatic carbocycles. The van der Waals surface area contributed by atoms with Gasteiger partial charge in [0.1, 0.15) is 16.6 Å². The second-order valence-electron chi connectivity index (χ2n) is 3.08. The van der Waals surface area contributed by atoms with Crippen LogP contribution in [0, 0.1) is 0 Å². The van der Waals surface area contributed by atoms with E-state index < -0.39 is 0 Å². The van der Waals surface area contributed by atoms with Crippen molar-refractivity contribution in [1.29, 1.82) is 0 Å². The molecule has 0 saturated heterocycles. The van der Waals surface area contributed by atoms with Crippen LogP contribution >= 0.6 is 46.4 Å². The van der Waals surface area contributed by atoms with Crippen LogP contribution in [0.4, 0.5) is 0 Å². The molecule has 0 unspecified atom stereocenters. The van der Waals surface area contributed by atoms with Crippen molar-refractivity contribution in [2.45, 2.75) is 0 Å². The minimum Gasteiger partial charge on any atom is -0.506 e. The minimum absolute atomic E-state index is 0.0633. The maximum Gasteiger partial charge on any atom is 0.142 e. The number of nitrogens with zero attached hydrogens (tertiary/aromatic N) is 1. The molecule has 1 heterocycles. The maximum absolute atomic E-state index is 9.77. The molecule has 2 rings (SSSR count). The van der Waals surface area contributed by atoms with Crippen LogP contribution in [0.2, 0.25) is 20.2 Å². The molecule has 0 aliphatic rings. The topological polar surface area (TPSA) is 25.2 Å². The lowest BCUT2D eigenvalue weighted by Gasteiger charge is -2.10. The Hall–Kier alpha value is -0.540. The summed E-state index contributed by atoms with van der Waals surface area (Å²) in [6.45, 7) is 0. The molecule has 0 saturated carbocycles. The summed E-state index contributed by atoms with van der Waals surface area (Å²) >= 11 is 23.5. The Morgan fingerprint density at radius 3 is 2.19 bits per heavy atom. The zero-order valence-electron chi connectivity index (χ0n) is 7.72. The molecule has 2 aromatic rings. The number of hydrogen-bond acceptors (Lipinski definition) is 1. The third-order valence-electron chi connectivity index (χ3n) is 2.03. The highest BCUT2D eigenvalue weighted by molar-refractivity contribution is 6.42. The summed E-state index contributed by atoms with van der Waals surface area (Å²) < 4.78 is 1.48. The van der Waals surface area contributed by atoms with Crippen LogP contribution in [0.1, 0.15) is 0 Å². The number of halogens is 4. The van der Waals surface area contributed by atoms with Crippen molar-refractivity contribution >= 4 is 46.4 Å². The van der Waals surface area contributed by atoms with Crippen molar-refractivity contribution < 1.29 is 5.11 Å².